The number of nitrogens with one attached hydrogen (secondary N) is 1. The van der Waals surface area contributed by atoms with Gasteiger partial charge >= 0.3 is 5.97 Å². The van der Waals surface area contributed by atoms with Crippen molar-refractivity contribution in [2.24, 2.45) is 0 Å². The number of fused-ring (bicyclic) bond motifs is 1. The van der Waals surface area contributed by atoms with Gasteiger partial charge in [0.05, 0.1) is 4.47 Å². The summed E-state index contributed by atoms with van der Waals surface area (Å²) in [6, 6.07) is 0. The molecule has 0 aliphatic rings. The maximum absolute atomic E-state index is 11.2. The summed E-state index contributed by atoms with van der Waals surface area (Å²) in [4.78, 5) is 27.9. The zero-order valence-electron chi connectivity index (χ0n) is 6.69. The van der Waals surface area contributed by atoms with Gasteiger partial charge in [-0.1, -0.05) is 0 Å². The van der Waals surface area contributed by atoms with Crippen molar-refractivity contribution in [1.82, 2.24) is 14.4 Å². The van der Waals surface area contributed by atoms with Crippen LogP contribution in [0.4, 0.5) is 0 Å². The van der Waals surface area contributed by atoms with E-state index in [2.05, 4.69) is 25.9 Å². The molecule has 2 heterocycles. The lowest BCUT2D eigenvalue weighted by Gasteiger charge is -1.94. The summed E-state index contributed by atoms with van der Waals surface area (Å²) in [5.74, 6) is -1.18. The molecular weight excluding hydrogens is 254 g/mol. The minimum absolute atomic E-state index is 0.172. The molecule has 0 aromatic carbocycles. The fraction of sp³-hybridized carbons (Fsp3) is 0. The molecule has 0 aliphatic heterocycles. The van der Waals surface area contributed by atoms with Crippen LogP contribution >= 0.6 is 15.9 Å². The van der Waals surface area contributed by atoms with Gasteiger partial charge in [0.25, 0.3) is 5.56 Å². The number of rotatable bonds is 1. The van der Waals surface area contributed by atoms with Gasteiger partial charge in [0.15, 0.2) is 11.3 Å². The molecular formula is C7H4BrN3O3. The van der Waals surface area contributed by atoms with Gasteiger partial charge in [0.1, 0.15) is 6.33 Å². The lowest BCUT2D eigenvalue weighted by atomic mass is 10.4. The van der Waals surface area contributed by atoms with E-state index in [1.165, 1.54) is 16.9 Å². The molecule has 0 atom stereocenters. The lowest BCUT2D eigenvalue weighted by Crippen LogP contribution is -2.10. The zero-order valence-corrected chi connectivity index (χ0v) is 8.28. The molecule has 14 heavy (non-hydrogen) atoms. The second-order valence-corrected chi connectivity index (χ2v) is 3.44. The highest BCUT2D eigenvalue weighted by atomic mass is 79.9. The first-order chi connectivity index (χ1) is 6.59. The topological polar surface area (TPSA) is 87.5 Å². The third-order valence-electron chi connectivity index (χ3n) is 1.70. The molecule has 0 aliphatic carbocycles. The Bertz CT molecular complexity index is 571. The van der Waals surface area contributed by atoms with E-state index in [0.717, 1.165) is 0 Å². The van der Waals surface area contributed by atoms with Crippen LogP contribution in [0.15, 0.2) is 21.8 Å². The normalized spacial score (nSPS) is 10.6. The van der Waals surface area contributed by atoms with Gasteiger partial charge < -0.3 is 10.1 Å². The second-order valence-electron chi connectivity index (χ2n) is 2.59. The average molecular weight is 258 g/mol. The number of imidazole rings is 1. The van der Waals surface area contributed by atoms with Crippen LogP contribution in [0.3, 0.4) is 0 Å². The largest absolute Gasteiger partial charge is 0.476 e. The SMILES string of the molecule is O=C(O)c1ncn2cc(Br)c(=O)[nH]c12. The molecule has 6 nitrogen and oxygen atoms in total. The Labute approximate surface area is 85.3 Å². The fourth-order valence-corrected chi connectivity index (χ4v) is 1.41. The number of carbonyl (C=O) groups is 1. The summed E-state index contributed by atoms with van der Waals surface area (Å²) >= 11 is 3.02. The number of nitrogens with zero attached hydrogens (tertiary/aromatic N) is 2. The number of carboxylic acids is 1. The van der Waals surface area contributed by atoms with Gasteiger partial charge in [-0.15, -0.1) is 0 Å². The fourth-order valence-electron chi connectivity index (χ4n) is 1.09. The summed E-state index contributed by atoms with van der Waals surface area (Å²) in [6.45, 7) is 0. The van der Waals surface area contributed by atoms with Crippen molar-refractivity contribution in [3.63, 3.8) is 0 Å². The Balaban J connectivity index is 2.87. The van der Waals surface area contributed by atoms with Crippen molar-refractivity contribution >= 4 is 27.5 Å². The second kappa shape index (κ2) is 2.95. The van der Waals surface area contributed by atoms with E-state index in [-0.39, 0.29) is 16.9 Å². The molecule has 0 saturated heterocycles. The average Bonchev–Trinajstić information content (AvgIpc) is 2.48. The third-order valence-corrected chi connectivity index (χ3v) is 2.26. The maximum atomic E-state index is 11.2. The number of carboxylic acid groups (broad SMARTS) is 1. The molecule has 2 aromatic rings. The highest BCUT2D eigenvalue weighted by molar-refractivity contribution is 9.10. The van der Waals surface area contributed by atoms with Gasteiger partial charge in [-0.25, -0.2) is 9.78 Å². The van der Waals surface area contributed by atoms with Crippen molar-refractivity contribution in [1.29, 1.82) is 0 Å². The van der Waals surface area contributed by atoms with Gasteiger partial charge in [-0.05, 0) is 15.9 Å². The predicted octanol–water partition coefficient (Wildman–Crippen LogP) is 0.483. The molecule has 2 N–H and O–H groups in total. The Morgan fingerprint density at radius 3 is 3.00 bits per heavy atom. The number of halogens is 1. The van der Waals surface area contributed by atoms with E-state index in [1.807, 2.05) is 0 Å². The van der Waals surface area contributed by atoms with Crippen LogP contribution in [0.2, 0.25) is 0 Å². The molecule has 0 unspecified atom stereocenters. The molecule has 0 saturated carbocycles. The number of hydrogen-bond acceptors (Lipinski definition) is 3. The van der Waals surface area contributed by atoms with Crippen LogP contribution in [0.5, 0.6) is 0 Å². The maximum Gasteiger partial charge on any atom is 0.358 e. The molecule has 0 bridgehead atoms. The highest BCUT2D eigenvalue weighted by Gasteiger charge is 2.13. The summed E-state index contributed by atoms with van der Waals surface area (Å²) in [7, 11) is 0. The smallest absolute Gasteiger partial charge is 0.358 e. The van der Waals surface area contributed by atoms with Crippen molar-refractivity contribution in [3.8, 4) is 0 Å². The standard InChI is InChI=1S/C7H4BrN3O3/c8-3-1-11-2-9-4(7(13)14)5(11)10-6(3)12/h1-2H,(H,10,12)(H,13,14). The number of H-pyrrole nitrogens is 1. The van der Waals surface area contributed by atoms with Crippen LogP contribution in [0, 0.1) is 0 Å². The number of aromatic nitrogens is 3. The Morgan fingerprint density at radius 2 is 2.36 bits per heavy atom. The Kier molecular flexibility index (Phi) is 1.88. The van der Waals surface area contributed by atoms with Gasteiger partial charge in [0.2, 0.25) is 0 Å². The van der Waals surface area contributed by atoms with E-state index >= 15 is 0 Å². The Hall–Kier alpha value is -1.63. The quantitative estimate of drug-likeness (QED) is 0.778. The molecule has 72 valence electrons. The van der Waals surface area contributed by atoms with E-state index in [1.54, 1.807) is 0 Å². The van der Waals surface area contributed by atoms with Crippen molar-refractivity contribution in [2.75, 3.05) is 0 Å². The first-order valence-electron chi connectivity index (χ1n) is 3.58. The first kappa shape index (κ1) is 8.95. The highest BCUT2D eigenvalue weighted by Crippen LogP contribution is 2.08. The van der Waals surface area contributed by atoms with Crippen LogP contribution in [-0.4, -0.2) is 25.4 Å². The van der Waals surface area contributed by atoms with E-state index in [0.29, 0.717) is 4.47 Å². The first-order valence-corrected chi connectivity index (χ1v) is 4.37. The van der Waals surface area contributed by atoms with E-state index in [9.17, 15) is 9.59 Å². The molecule has 0 radical (unpaired) electrons. The zero-order chi connectivity index (χ0) is 10.3. The number of aromatic amines is 1. The Morgan fingerprint density at radius 1 is 1.64 bits per heavy atom. The molecule has 0 fully saturated rings. The number of aromatic carboxylic acids is 1. The minimum atomic E-state index is -1.18. The van der Waals surface area contributed by atoms with Crippen molar-refractivity contribution in [3.05, 3.63) is 33.0 Å². The van der Waals surface area contributed by atoms with Gasteiger partial charge in [0, 0.05) is 6.20 Å². The van der Waals surface area contributed by atoms with E-state index in [4.69, 9.17) is 5.11 Å². The summed E-state index contributed by atoms with van der Waals surface area (Å²) < 4.78 is 1.74. The summed E-state index contributed by atoms with van der Waals surface area (Å²) in [5.41, 5.74) is -0.388. The molecule has 0 spiro atoms. The summed E-state index contributed by atoms with van der Waals surface area (Å²) in [5, 5.41) is 8.72. The van der Waals surface area contributed by atoms with Crippen LogP contribution in [0.1, 0.15) is 10.5 Å². The van der Waals surface area contributed by atoms with E-state index < -0.39 is 5.97 Å². The molecule has 2 rings (SSSR count). The number of hydrogen-bond donors (Lipinski definition) is 2. The van der Waals surface area contributed by atoms with Crippen LogP contribution in [0.25, 0.3) is 5.65 Å². The van der Waals surface area contributed by atoms with Crippen molar-refractivity contribution in [2.45, 2.75) is 0 Å². The lowest BCUT2D eigenvalue weighted by molar-refractivity contribution is 0.0693. The molecule has 2 aromatic heterocycles. The molecule has 7 heteroatoms. The van der Waals surface area contributed by atoms with Gasteiger partial charge in [-0.2, -0.15) is 0 Å². The predicted molar refractivity (Wildman–Crippen MR) is 50.5 cm³/mol. The third kappa shape index (κ3) is 1.22. The van der Waals surface area contributed by atoms with Crippen LogP contribution in [-0.2, 0) is 0 Å². The van der Waals surface area contributed by atoms with Crippen molar-refractivity contribution < 1.29 is 9.90 Å². The van der Waals surface area contributed by atoms with Gasteiger partial charge in [-0.3, -0.25) is 9.20 Å². The molecule has 0 amide bonds. The van der Waals surface area contributed by atoms with Crippen LogP contribution < -0.4 is 5.56 Å². The monoisotopic (exact) mass is 257 g/mol. The minimum Gasteiger partial charge on any atom is -0.476 e. The summed E-state index contributed by atoms with van der Waals surface area (Å²) in [6.07, 6.45) is 2.77.